The number of ether oxygens (including phenoxy) is 2. The molecule has 2 rings (SSSR count). The van der Waals surface area contributed by atoms with Gasteiger partial charge in [-0.2, -0.15) is 0 Å². The lowest BCUT2D eigenvalue weighted by Gasteiger charge is -2.27. The summed E-state index contributed by atoms with van der Waals surface area (Å²) in [5, 5.41) is 0. The van der Waals surface area contributed by atoms with E-state index < -0.39 is 11.2 Å². The molecule has 2 aliphatic heterocycles. The molecule has 2 unspecified atom stereocenters. The van der Waals surface area contributed by atoms with Gasteiger partial charge < -0.3 is 9.47 Å². The highest BCUT2D eigenvalue weighted by molar-refractivity contribution is 5.81. The van der Waals surface area contributed by atoms with Crippen molar-refractivity contribution >= 4 is 18.2 Å². The molecule has 0 saturated heterocycles. The third-order valence-electron chi connectivity index (χ3n) is 4.23. The average molecular weight is 356 g/mol. The number of aliphatic imine (C=N–C) groups is 2. The summed E-state index contributed by atoms with van der Waals surface area (Å²) in [5.41, 5.74) is -0.949. The SMILES string of the molecule is CCOC1(C=CCC(=O)CC=CC2(OCC)C=CN=CC2)C=CN=CC1. The lowest BCUT2D eigenvalue weighted by molar-refractivity contribution is -0.117. The van der Waals surface area contributed by atoms with E-state index in [4.69, 9.17) is 9.47 Å². The molecule has 0 aromatic heterocycles. The van der Waals surface area contributed by atoms with Gasteiger partial charge in [0.15, 0.2) is 0 Å². The monoisotopic (exact) mass is 356 g/mol. The summed E-state index contributed by atoms with van der Waals surface area (Å²) in [5.74, 6) is 0.151. The maximum Gasteiger partial charge on any atom is 0.140 e. The summed E-state index contributed by atoms with van der Waals surface area (Å²) < 4.78 is 11.7. The first-order valence-electron chi connectivity index (χ1n) is 9.17. The molecule has 5 heteroatoms. The van der Waals surface area contributed by atoms with Crippen LogP contribution in [0.25, 0.3) is 0 Å². The van der Waals surface area contributed by atoms with Crippen LogP contribution in [0, 0.1) is 0 Å². The molecule has 2 aliphatic rings. The van der Waals surface area contributed by atoms with Crippen molar-refractivity contribution in [2.45, 2.75) is 50.7 Å². The van der Waals surface area contributed by atoms with Crippen LogP contribution < -0.4 is 0 Å². The van der Waals surface area contributed by atoms with Crippen LogP contribution in [0.1, 0.15) is 39.5 Å². The molecule has 0 fully saturated rings. The van der Waals surface area contributed by atoms with Gasteiger partial charge in [-0.3, -0.25) is 14.8 Å². The normalized spacial score (nSPS) is 27.8. The lowest BCUT2D eigenvalue weighted by atomic mass is 9.96. The predicted octanol–water partition coefficient (Wildman–Crippen LogP) is 3.98. The maximum atomic E-state index is 12.2. The molecule has 0 amide bonds. The smallest absolute Gasteiger partial charge is 0.140 e. The first kappa shape index (κ1) is 20.2. The second kappa shape index (κ2) is 10.1. The van der Waals surface area contributed by atoms with Crippen LogP contribution in [0.3, 0.4) is 0 Å². The Kier molecular flexibility index (Phi) is 7.88. The van der Waals surface area contributed by atoms with Gasteiger partial charge in [-0.05, 0) is 26.0 Å². The zero-order chi connectivity index (χ0) is 18.7. The Hall–Kier alpha value is -2.11. The Bertz CT molecular complexity index is 592. The number of carbonyl (C=O) groups is 1. The molecular formula is C21H28N2O3. The molecule has 2 atom stereocenters. The van der Waals surface area contributed by atoms with Gasteiger partial charge in [0.25, 0.3) is 0 Å². The maximum absolute atomic E-state index is 12.2. The molecular weight excluding hydrogens is 328 g/mol. The van der Waals surface area contributed by atoms with E-state index in [2.05, 4.69) is 9.98 Å². The topological polar surface area (TPSA) is 60.2 Å². The number of ketones is 1. The van der Waals surface area contributed by atoms with E-state index in [1.54, 1.807) is 12.4 Å². The van der Waals surface area contributed by atoms with Gasteiger partial charge in [-0.1, -0.05) is 24.3 Å². The molecule has 0 aliphatic carbocycles. The van der Waals surface area contributed by atoms with E-state index in [9.17, 15) is 4.79 Å². The lowest BCUT2D eigenvalue weighted by Crippen LogP contribution is -2.29. The number of rotatable bonds is 10. The number of hydrogen-bond donors (Lipinski definition) is 0. The largest absolute Gasteiger partial charge is 0.367 e. The first-order chi connectivity index (χ1) is 12.6. The standard InChI is InChI=1S/C21H28N2O3/c1-3-25-20(11-15-22-16-12-20)9-5-7-19(24)8-6-10-21(26-4-2)13-17-23-18-14-21/h5-6,9-11,13,15-18H,3-4,7-8,12,14H2,1-2H3. The highest BCUT2D eigenvalue weighted by atomic mass is 16.5. The van der Waals surface area contributed by atoms with Crippen LogP contribution in [-0.2, 0) is 14.3 Å². The zero-order valence-corrected chi connectivity index (χ0v) is 15.6. The zero-order valence-electron chi connectivity index (χ0n) is 15.6. The Morgan fingerprint density at radius 2 is 1.38 bits per heavy atom. The first-order valence-corrected chi connectivity index (χ1v) is 9.17. The van der Waals surface area contributed by atoms with Crippen LogP contribution in [0.2, 0.25) is 0 Å². The molecule has 0 spiro atoms. The van der Waals surface area contributed by atoms with Crippen LogP contribution in [-0.4, -0.2) is 42.6 Å². The van der Waals surface area contributed by atoms with Crippen molar-refractivity contribution in [2.24, 2.45) is 9.98 Å². The number of nitrogens with zero attached hydrogens (tertiary/aromatic N) is 2. The van der Waals surface area contributed by atoms with Crippen LogP contribution in [0.4, 0.5) is 0 Å². The third-order valence-corrected chi connectivity index (χ3v) is 4.23. The fraction of sp³-hybridized carbons (Fsp3) is 0.476. The molecule has 0 N–H and O–H groups in total. The van der Waals surface area contributed by atoms with E-state index >= 15 is 0 Å². The third kappa shape index (κ3) is 6.00. The molecule has 5 nitrogen and oxygen atoms in total. The summed E-state index contributed by atoms with van der Waals surface area (Å²) in [4.78, 5) is 20.3. The van der Waals surface area contributed by atoms with Crippen molar-refractivity contribution in [3.8, 4) is 0 Å². The number of allylic oxidation sites excluding steroid dienone is 2. The summed E-state index contributed by atoms with van der Waals surface area (Å²) in [6.45, 7) is 5.14. The van der Waals surface area contributed by atoms with Gasteiger partial charge in [0.2, 0.25) is 0 Å². The van der Waals surface area contributed by atoms with Gasteiger partial charge in [0, 0.05) is 63.7 Å². The van der Waals surface area contributed by atoms with E-state index in [0.717, 1.165) is 0 Å². The highest BCUT2D eigenvalue weighted by Crippen LogP contribution is 2.23. The molecule has 0 aromatic carbocycles. The van der Waals surface area contributed by atoms with Crippen molar-refractivity contribution in [3.63, 3.8) is 0 Å². The number of carbonyl (C=O) groups excluding carboxylic acids is 1. The van der Waals surface area contributed by atoms with Gasteiger partial charge in [-0.25, -0.2) is 0 Å². The molecule has 0 aromatic rings. The van der Waals surface area contributed by atoms with Gasteiger partial charge in [0.1, 0.15) is 17.0 Å². The van der Waals surface area contributed by atoms with Crippen molar-refractivity contribution in [3.05, 3.63) is 48.9 Å². The molecule has 0 bridgehead atoms. The summed E-state index contributed by atoms with van der Waals surface area (Å²) >= 11 is 0. The van der Waals surface area contributed by atoms with Gasteiger partial charge >= 0.3 is 0 Å². The van der Waals surface area contributed by atoms with Crippen molar-refractivity contribution < 1.29 is 14.3 Å². The Labute approximate surface area is 155 Å². The minimum Gasteiger partial charge on any atom is -0.367 e. The number of Topliss-reactive ketones (excluding diaryl/α,β-unsaturated/α-hetero) is 1. The summed E-state index contributed by atoms with van der Waals surface area (Å²) in [6, 6.07) is 0. The fourth-order valence-electron chi connectivity index (χ4n) is 2.94. The minimum absolute atomic E-state index is 0.151. The van der Waals surface area contributed by atoms with E-state index in [1.165, 1.54) is 0 Å². The Morgan fingerprint density at radius 1 is 0.923 bits per heavy atom. The Balaban J connectivity index is 1.86. The van der Waals surface area contributed by atoms with E-state index in [-0.39, 0.29) is 5.78 Å². The van der Waals surface area contributed by atoms with Crippen molar-refractivity contribution in [2.75, 3.05) is 13.2 Å². The predicted molar refractivity (Wildman–Crippen MR) is 106 cm³/mol. The van der Waals surface area contributed by atoms with E-state index in [0.29, 0.717) is 38.9 Å². The summed E-state index contributed by atoms with van der Waals surface area (Å²) in [7, 11) is 0. The van der Waals surface area contributed by atoms with Crippen LogP contribution in [0.15, 0.2) is 58.8 Å². The van der Waals surface area contributed by atoms with Gasteiger partial charge in [-0.15, -0.1) is 0 Å². The average Bonchev–Trinajstić information content (AvgIpc) is 2.64. The second-order valence-electron chi connectivity index (χ2n) is 6.23. The second-order valence-corrected chi connectivity index (χ2v) is 6.23. The molecule has 0 radical (unpaired) electrons. The Morgan fingerprint density at radius 3 is 1.73 bits per heavy atom. The summed E-state index contributed by atoms with van der Waals surface area (Å²) in [6.07, 6.45) is 20.8. The van der Waals surface area contributed by atoms with E-state index in [1.807, 2.05) is 62.7 Å². The van der Waals surface area contributed by atoms with Gasteiger partial charge in [0.05, 0.1) is 0 Å². The molecule has 0 saturated carbocycles. The fourth-order valence-corrected chi connectivity index (χ4v) is 2.94. The van der Waals surface area contributed by atoms with Crippen molar-refractivity contribution in [1.29, 1.82) is 0 Å². The van der Waals surface area contributed by atoms with Crippen LogP contribution in [0.5, 0.6) is 0 Å². The molecule has 140 valence electrons. The minimum atomic E-state index is -0.474. The van der Waals surface area contributed by atoms with Crippen molar-refractivity contribution in [1.82, 2.24) is 0 Å². The molecule has 26 heavy (non-hydrogen) atoms. The highest BCUT2D eigenvalue weighted by Gasteiger charge is 2.25. The van der Waals surface area contributed by atoms with Crippen LogP contribution >= 0.6 is 0 Å². The quantitative estimate of drug-likeness (QED) is 0.556. The molecule has 2 heterocycles. The number of hydrogen-bond acceptors (Lipinski definition) is 5.